The lowest BCUT2D eigenvalue weighted by molar-refractivity contribution is 0.619. The molecule has 17 heavy (non-hydrogen) atoms. The highest BCUT2D eigenvalue weighted by Crippen LogP contribution is 2.19. The van der Waals surface area contributed by atoms with Crippen LogP contribution in [-0.4, -0.2) is 9.55 Å². The van der Waals surface area contributed by atoms with Crippen LogP contribution in [0.5, 0.6) is 0 Å². The Hall–Kier alpha value is -1.84. The molecule has 90 valence electrons. The molecule has 1 aromatic heterocycles. The first kappa shape index (κ1) is 11.6. The lowest BCUT2D eigenvalue weighted by Gasteiger charge is -2.08. The van der Waals surface area contributed by atoms with E-state index in [1.165, 1.54) is 6.07 Å². The van der Waals surface area contributed by atoms with Crippen molar-refractivity contribution < 1.29 is 4.39 Å². The summed E-state index contributed by atoms with van der Waals surface area (Å²) in [7, 11) is 0. The smallest absolute Gasteiger partial charge is 0.207 e. The summed E-state index contributed by atoms with van der Waals surface area (Å²) in [6.07, 6.45) is 1.97. The first-order chi connectivity index (χ1) is 8.10. The lowest BCUT2D eigenvalue weighted by Crippen LogP contribution is -2.01. The third-order valence-corrected chi connectivity index (χ3v) is 2.67. The first-order valence-electron chi connectivity index (χ1n) is 5.67. The van der Waals surface area contributed by atoms with Gasteiger partial charge in [-0.25, -0.2) is 9.37 Å². The van der Waals surface area contributed by atoms with Crippen molar-refractivity contribution in [3.8, 4) is 0 Å². The molecule has 3 nitrogen and oxygen atoms in total. The highest BCUT2D eigenvalue weighted by Gasteiger charge is 2.05. The topological polar surface area (TPSA) is 29.9 Å². The monoisotopic (exact) mass is 233 g/mol. The van der Waals surface area contributed by atoms with E-state index in [1.54, 1.807) is 13.0 Å². The van der Waals surface area contributed by atoms with Gasteiger partial charge in [0.1, 0.15) is 5.82 Å². The molecule has 1 heterocycles. The van der Waals surface area contributed by atoms with Crippen LogP contribution < -0.4 is 5.32 Å². The van der Waals surface area contributed by atoms with E-state index >= 15 is 0 Å². The van der Waals surface area contributed by atoms with Gasteiger partial charge in [0.05, 0.1) is 5.69 Å². The summed E-state index contributed by atoms with van der Waals surface area (Å²) in [5.74, 6) is 0.537. The Morgan fingerprint density at radius 1 is 1.35 bits per heavy atom. The van der Waals surface area contributed by atoms with Crippen LogP contribution in [-0.2, 0) is 6.54 Å². The maximum Gasteiger partial charge on any atom is 0.207 e. The van der Waals surface area contributed by atoms with Crippen LogP contribution in [0.4, 0.5) is 16.0 Å². The van der Waals surface area contributed by atoms with E-state index in [2.05, 4.69) is 10.3 Å². The molecule has 2 aromatic rings. The van der Waals surface area contributed by atoms with Crippen LogP contribution in [0.25, 0.3) is 0 Å². The van der Waals surface area contributed by atoms with Gasteiger partial charge >= 0.3 is 0 Å². The fraction of sp³-hybridized carbons (Fsp3) is 0.308. The SMILES string of the molecule is CCn1cc(C)nc1Nc1ccc(C)c(F)c1. The minimum absolute atomic E-state index is 0.207. The number of hydrogen-bond donors (Lipinski definition) is 1. The summed E-state index contributed by atoms with van der Waals surface area (Å²) >= 11 is 0. The van der Waals surface area contributed by atoms with Crippen LogP contribution in [0.15, 0.2) is 24.4 Å². The van der Waals surface area contributed by atoms with Crippen LogP contribution in [0.2, 0.25) is 0 Å². The van der Waals surface area contributed by atoms with E-state index in [0.717, 1.165) is 18.2 Å². The largest absolute Gasteiger partial charge is 0.326 e. The van der Waals surface area contributed by atoms with Crippen LogP contribution in [0, 0.1) is 19.7 Å². The number of nitrogens with one attached hydrogen (secondary N) is 1. The van der Waals surface area contributed by atoms with Gasteiger partial charge in [-0.2, -0.15) is 0 Å². The Morgan fingerprint density at radius 3 is 2.76 bits per heavy atom. The van der Waals surface area contributed by atoms with Gasteiger partial charge in [-0.05, 0) is 38.5 Å². The summed E-state index contributed by atoms with van der Waals surface area (Å²) in [5, 5.41) is 3.12. The van der Waals surface area contributed by atoms with E-state index in [0.29, 0.717) is 11.3 Å². The number of hydrogen-bond acceptors (Lipinski definition) is 2. The van der Waals surface area contributed by atoms with Gasteiger partial charge in [0, 0.05) is 18.4 Å². The van der Waals surface area contributed by atoms with Crippen LogP contribution in [0.1, 0.15) is 18.2 Å². The molecule has 0 saturated heterocycles. The zero-order valence-corrected chi connectivity index (χ0v) is 10.3. The molecule has 0 aliphatic rings. The molecule has 0 atom stereocenters. The molecule has 0 aliphatic carbocycles. The van der Waals surface area contributed by atoms with E-state index < -0.39 is 0 Å². The third-order valence-electron chi connectivity index (χ3n) is 2.67. The van der Waals surface area contributed by atoms with Crippen molar-refractivity contribution in [2.24, 2.45) is 0 Å². The number of imidazole rings is 1. The second-order valence-electron chi connectivity index (χ2n) is 4.08. The highest BCUT2D eigenvalue weighted by molar-refractivity contribution is 5.54. The lowest BCUT2D eigenvalue weighted by atomic mass is 10.2. The average molecular weight is 233 g/mol. The summed E-state index contributed by atoms with van der Waals surface area (Å²) in [5.41, 5.74) is 2.31. The molecule has 0 saturated carbocycles. The Labute approximate surface area is 100 Å². The summed E-state index contributed by atoms with van der Waals surface area (Å²) in [6, 6.07) is 5.09. The number of halogens is 1. The number of nitrogens with zero attached hydrogens (tertiary/aromatic N) is 2. The molecule has 4 heteroatoms. The predicted molar refractivity (Wildman–Crippen MR) is 67.1 cm³/mol. The van der Waals surface area contributed by atoms with Crippen LogP contribution >= 0.6 is 0 Å². The number of aromatic nitrogens is 2. The van der Waals surface area contributed by atoms with Gasteiger partial charge < -0.3 is 9.88 Å². The molecule has 0 radical (unpaired) electrons. The van der Waals surface area contributed by atoms with Gasteiger partial charge in [0.2, 0.25) is 5.95 Å². The van der Waals surface area contributed by atoms with E-state index in [-0.39, 0.29) is 5.82 Å². The Kier molecular flexibility index (Phi) is 3.13. The molecule has 0 amide bonds. The summed E-state index contributed by atoms with van der Waals surface area (Å²) in [6.45, 7) is 6.56. The van der Waals surface area contributed by atoms with E-state index in [4.69, 9.17) is 0 Å². The Bertz CT molecular complexity index is 531. The van der Waals surface area contributed by atoms with Gasteiger partial charge in [0.15, 0.2) is 0 Å². The van der Waals surface area contributed by atoms with Gasteiger partial charge in [-0.15, -0.1) is 0 Å². The average Bonchev–Trinajstić information content (AvgIpc) is 2.64. The normalized spacial score (nSPS) is 10.6. The zero-order chi connectivity index (χ0) is 12.4. The molecule has 2 rings (SSSR count). The predicted octanol–water partition coefficient (Wildman–Crippen LogP) is 3.40. The van der Waals surface area contributed by atoms with Gasteiger partial charge in [-0.3, -0.25) is 0 Å². The molecule has 1 N–H and O–H groups in total. The third kappa shape index (κ3) is 2.46. The number of anilines is 2. The summed E-state index contributed by atoms with van der Waals surface area (Å²) < 4.78 is 15.4. The maximum atomic E-state index is 13.4. The maximum absolute atomic E-state index is 13.4. The second kappa shape index (κ2) is 4.57. The quantitative estimate of drug-likeness (QED) is 0.880. The van der Waals surface area contributed by atoms with Gasteiger partial charge in [0.25, 0.3) is 0 Å². The van der Waals surface area contributed by atoms with Crippen molar-refractivity contribution in [1.82, 2.24) is 9.55 Å². The van der Waals surface area contributed by atoms with Crippen molar-refractivity contribution in [2.75, 3.05) is 5.32 Å². The minimum atomic E-state index is -0.207. The molecular weight excluding hydrogens is 217 g/mol. The molecule has 1 aromatic carbocycles. The number of rotatable bonds is 3. The van der Waals surface area contributed by atoms with E-state index in [9.17, 15) is 4.39 Å². The molecule has 0 aliphatic heterocycles. The van der Waals surface area contributed by atoms with Gasteiger partial charge in [-0.1, -0.05) is 6.07 Å². The van der Waals surface area contributed by atoms with Crippen molar-refractivity contribution in [2.45, 2.75) is 27.3 Å². The van der Waals surface area contributed by atoms with Crippen molar-refractivity contribution in [3.05, 3.63) is 41.5 Å². The zero-order valence-electron chi connectivity index (χ0n) is 10.3. The number of aryl methyl sites for hydroxylation is 3. The molecule has 0 bridgehead atoms. The second-order valence-corrected chi connectivity index (χ2v) is 4.08. The summed E-state index contributed by atoms with van der Waals surface area (Å²) in [4.78, 5) is 4.36. The standard InChI is InChI=1S/C13H16FN3/c1-4-17-8-10(3)15-13(17)16-11-6-5-9(2)12(14)7-11/h5-8H,4H2,1-3H3,(H,15,16). The number of benzene rings is 1. The molecule has 0 unspecified atom stereocenters. The van der Waals surface area contributed by atoms with Crippen molar-refractivity contribution >= 4 is 11.6 Å². The van der Waals surface area contributed by atoms with Crippen molar-refractivity contribution in [3.63, 3.8) is 0 Å². The molecule has 0 spiro atoms. The van der Waals surface area contributed by atoms with Crippen molar-refractivity contribution in [1.29, 1.82) is 0 Å². The van der Waals surface area contributed by atoms with Crippen LogP contribution in [0.3, 0.4) is 0 Å². The Morgan fingerprint density at radius 2 is 2.12 bits per heavy atom. The fourth-order valence-corrected chi connectivity index (χ4v) is 1.69. The highest BCUT2D eigenvalue weighted by atomic mass is 19.1. The Balaban J connectivity index is 2.27. The molecular formula is C13H16FN3. The first-order valence-corrected chi connectivity index (χ1v) is 5.67. The molecule has 0 fully saturated rings. The fourth-order valence-electron chi connectivity index (χ4n) is 1.69. The van der Waals surface area contributed by atoms with E-state index in [1.807, 2.05) is 30.7 Å². The minimum Gasteiger partial charge on any atom is -0.326 e.